The largest absolute Gasteiger partial charge is 0.496 e. The van der Waals surface area contributed by atoms with Crippen LogP contribution in [0, 0.1) is 0 Å². The average molecular weight is 246 g/mol. The standard InChI is InChI=1S/C15H22N2O/c1-13-12-17(11-9-16-13)10-5-7-14-6-3-4-8-15(14)18-2/h3-8,13,16H,9-12H2,1-2H3/b7-5+/t13-/m0/s1. The number of methoxy groups -OCH3 is 1. The maximum atomic E-state index is 5.33. The predicted octanol–water partition coefficient (Wildman–Crippen LogP) is 2.00. The summed E-state index contributed by atoms with van der Waals surface area (Å²) >= 11 is 0. The first-order valence-electron chi connectivity index (χ1n) is 6.55. The van der Waals surface area contributed by atoms with Gasteiger partial charge in [-0.3, -0.25) is 4.90 Å². The van der Waals surface area contributed by atoms with Crippen LogP contribution in [0.2, 0.25) is 0 Å². The van der Waals surface area contributed by atoms with E-state index >= 15 is 0 Å². The van der Waals surface area contributed by atoms with E-state index in [4.69, 9.17) is 4.74 Å². The first-order valence-corrected chi connectivity index (χ1v) is 6.55. The first-order chi connectivity index (χ1) is 8.79. The molecular weight excluding hydrogens is 224 g/mol. The van der Waals surface area contributed by atoms with E-state index in [1.165, 1.54) is 0 Å². The van der Waals surface area contributed by atoms with E-state index in [1.807, 2.05) is 18.2 Å². The van der Waals surface area contributed by atoms with Crippen molar-refractivity contribution in [1.29, 1.82) is 0 Å². The normalized spacial score (nSPS) is 21.3. The lowest BCUT2D eigenvalue weighted by molar-refractivity contribution is 0.227. The molecule has 1 heterocycles. The topological polar surface area (TPSA) is 24.5 Å². The van der Waals surface area contributed by atoms with Crippen molar-refractivity contribution in [2.45, 2.75) is 13.0 Å². The molecule has 1 atom stereocenters. The van der Waals surface area contributed by atoms with Crippen LogP contribution in [0.5, 0.6) is 5.75 Å². The molecule has 1 aliphatic heterocycles. The summed E-state index contributed by atoms with van der Waals surface area (Å²) in [7, 11) is 1.71. The highest BCUT2D eigenvalue weighted by Gasteiger charge is 2.13. The summed E-state index contributed by atoms with van der Waals surface area (Å²) in [5.74, 6) is 0.933. The summed E-state index contributed by atoms with van der Waals surface area (Å²) in [6.07, 6.45) is 4.36. The second-order valence-electron chi connectivity index (χ2n) is 4.76. The molecule has 0 unspecified atom stereocenters. The zero-order valence-electron chi connectivity index (χ0n) is 11.2. The second kappa shape index (κ2) is 6.57. The number of rotatable bonds is 4. The van der Waals surface area contributed by atoms with E-state index in [2.05, 4.69) is 35.4 Å². The monoisotopic (exact) mass is 246 g/mol. The minimum absolute atomic E-state index is 0.596. The molecule has 98 valence electrons. The van der Waals surface area contributed by atoms with Gasteiger partial charge in [-0.2, -0.15) is 0 Å². The fourth-order valence-electron chi connectivity index (χ4n) is 2.31. The molecule has 3 heteroatoms. The van der Waals surface area contributed by atoms with Gasteiger partial charge >= 0.3 is 0 Å². The van der Waals surface area contributed by atoms with Crippen molar-refractivity contribution in [3.05, 3.63) is 35.9 Å². The van der Waals surface area contributed by atoms with Gasteiger partial charge in [-0.25, -0.2) is 0 Å². The van der Waals surface area contributed by atoms with Crippen LogP contribution >= 0.6 is 0 Å². The maximum absolute atomic E-state index is 5.33. The van der Waals surface area contributed by atoms with Crippen LogP contribution in [0.3, 0.4) is 0 Å². The smallest absolute Gasteiger partial charge is 0.126 e. The van der Waals surface area contributed by atoms with Crippen LogP contribution in [0.15, 0.2) is 30.3 Å². The van der Waals surface area contributed by atoms with Crippen LogP contribution in [0.25, 0.3) is 6.08 Å². The van der Waals surface area contributed by atoms with E-state index in [1.54, 1.807) is 7.11 Å². The summed E-state index contributed by atoms with van der Waals surface area (Å²) in [4.78, 5) is 2.47. The average Bonchev–Trinajstić information content (AvgIpc) is 2.39. The van der Waals surface area contributed by atoms with Gasteiger partial charge in [0.2, 0.25) is 0 Å². The Bertz CT molecular complexity index is 403. The minimum atomic E-state index is 0.596. The van der Waals surface area contributed by atoms with Crippen LogP contribution in [-0.4, -0.2) is 44.2 Å². The van der Waals surface area contributed by atoms with E-state index in [9.17, 15) is 0 Å². The number of nitrogens with one attached hydrogen (secondary N) is 1. The molecule has 0 radical (unpaired) electrons. The van der Waals surface area contributed by atoms with Crippen molar-refractivity contribution in [1.82, 2.24) is 10.2 Å². The van der Waals surface area contributed by atoms with Gasteiger partial charge in [-0.05, 0) is 13.0 Å². The quantitative estimate of drug-likeness (QED) is 0.879. The van der Waals surface area contributed by atoms with Crippen molar-refractivity contribution in [3.63, 3.8) is 0 Å². The Morgan fingerprint density at radius 2 is 2.28 bits per heavy atom. The van der Waals surface area contributed by atoms with Gasteiger partial charge in [0.25, 0.3) is 0 Å². The molecule has 0 aromatic heterocycles. The molecule has 1 aromatic rings. The molecule has 1 fully saturated rings. The first kappa shape index (κ1) is 13.1. The molecule has 18 heavy (non-hydrogen) atoms. The van der Waals surface area contributed by atoms with Crippen molar-refractivity contribution in [2.24, 2.45) is 0 Å². The second-order valence-corrected chi connectivity index (χ2v) is 4.76. The lowest BCUT2D eigenvalue weighted by atomic mass is 10.2. The SMILES string of the molecule is COc1ccccc1/C=C/CN1CCN[C@@H](C)C1. The molecule has 3 nitrogen and oxygen atoms in total. The molecule has 1 N–H and O–H groups in total. The summed E-state index contributed by atoms with van der Waals surface area (Å²) in [5.41, 5.74) is 1.14. The Morgan fingerprint density at radius 1 is 1.44 bits per heavy atom. The zero-order valence-corrected chi connectivity index (χ0v) is 11.2. The van der Waals surface area contributed by atoms with Gasteiger partial charge < -0.3 is 10.1 Å². The number of hydrogen-bond donors (Lipinski definition) is 1. The van der Waals surface area contributed by atoms with E-state index < -0.39 is 0 Å². The molecule has 1 aliphatic rings. The minimum Gasteiger partial charge on any atom is -0.496 e. The molecule has 0 saturated carbocycles. The highest BCUT2D eigenvalue weighted by molar-refractivity contribution is 5.57. The summed E-state index contributed by atoms with van der Waals surface area (Å²) in [6, 6.07) is 8.70. The highest BCUT2D eigenvalue weighted by Crippen LogP contribution is 2.18. The maximum Gasteiger partial charge on any atom is 0.126 e. The number of para-hydroxylation sites is 1. The fraction of sp³-hybridized carbons (Fsp3) is 0.467. The highest BCUT2D eigenvalue weighted by atomic mass is 16.5. The van der Waals surface area contributed by atoms with Gasteiger partial charge in [0, 0.05) is 37.8 Å². The number of piperazine rings is 1. The summed E-state index contributed by atoms with van der Waals surface area (Å²) in [6.45, 7) is 6.57. The Labute approximate surface area is 109 Å². The van der Waals surface area contributed by atoms with E-state index in [-0.39, 0.29) is 0 Å². The molecule has 0 bridgehead atoms. The third-order valence-electron chi connectivity index (χ3n) is 3.25. The molecule has 1 saturated heterocycles. The Balaban J connectivity index is 1.90. The molecule has 1 aromatic carbocycles. The number of nitrogens with zero attached hydrogens (tertiary/aromatic N) is 1. The molecule has 2 rings (SSSR count). The van der Waals surface area contributed by atoms with Crippen LogP contribution in [0.4, 0.5) is 0 Å². The van der Waals surface area contributed by atoms with Crippen molar-refractivity contribution >= 4 is 6.08 Å². The van der Waals surface area contributed by atoms with Gasteiger partial charge in [-0.15, -0.1) is 0 Å². The van der Waals surface area contributed by atoms with Gasteiger partial charge in [-0.1, -0.05) is 30.4 Å². The summed E-state index contributed by atoms with van der Waals surface area (Å²) in [5, 5.41) is 3.45. The lowest BCUT2D eigenvalue weighted by Crippen LogP contribution is -2.49. The van der Waals surface area contributed by atoms with Crippen molar-refractivity contribution < 1.29 is 4.74 Å². The Kier molecular flexibility index (Phi) is 4.79. The summed E-state index contributed by atoms with van der Waals surface area (Å²) < 4.78 is 5.33. The van der Waals surface area contributed by atoms with Crippen molar-refractivity contribution in [2.75, 3.05) is 33.3 Å². The molecule has 0 amide bonds. The van der Waals surface area contributed by atoms with Gasteiger partial charge in [0.1, 0.15) is 5.75 Å². The fourth-order valence-corrected chi connectivity index (χ4v) is 2.31. The van der Waals surface area contributed by atoms with Crippen LogP contribution in [0.1, 0.15) is 12.5 Å². The third-order valence-corrected chi connectivity index (χ3v) is 3.25. The molecular formula is C15H22N2O. The van der Waals surface area contributed by atoms with Gasteiger partial charge in [0.15, 0.2) is 0 Å². The molecule has 0 aliphatic carbocycles. The van der Waals surface area contributed by atoms with Crippen LogP contribution in [-0.2, 0) is 0 Å². The number of hydrogen-bond acceptors (Lipinski definition) is 3. The third kappa shape index (κ3) is 3.59. The van der Waals surface area contributed by atoms with E-state index in [0.717, 1.165) is 37.5 Å². The number of benzene rings is 1. The van der Waals surface area contributed by atoms with Gasteiger partial charge in [0.05, 0.1) is 7.11 Å². The Morgan fingerprint density at radius 3 is 3.06 bits per heavy atom. The lowest BCUT2D eigenvalue weighted by Gasteiger charge is -2.30. The Hall–Kier alpha value is -1.32. The number of ether oxygens (including phenoxy) is 1. The van der Waals surface area contributed by atoms with Crippen LogP contribution < -0.4 is 10.1 Å². The molecule has 0 spiro atoms. The van der Waals surface area contributed by atoms with Crippen molar-refractivity contribution in [3.8, 4) is 5.75 Å². The zero-order chi connectivity index (χ0) is 12.8. The van der Waals surface area contributed by atoms with E-state index in [0.29, 0.717) is 6.04 Å². The predicted molar refractivity (Wildman–Crippen MR) is 75.9 cm³/mol.